The first-order valence-corrected chi connectivity index (χ1v) is 12.3. The highest BCUT2D eigenvalue weighted by atomic mass is 32.2. The molecule has 0 fully saturated rings. The van der Waals surface area contributed by atoms with Gasteiger partial charge in [0.1, 0.15) is 11.8 Å². The molecule has 3 aromatic rings. The van der Waals surface area contributed by atoms with Crippen molar-refractivity contribution in [3.05, 3.63) is 83.4 Å². The number of amides is 2. The lowest BCUT2D eigenvalue weighted by atomic mass is 10.0. The van der Waals surface area contributed by atoms with Gasteiger partial charge in [-0.25, -0.2) is 0 Å². The lowest BCUT2D eigenvalue weighted by Gasteiger charge is -2.22. The largest absolute Gasteiger partial charge is 0.494 e. The standard InChI is InChI=1S/C28H32N2O3S/c1-6-33-23-13-9-21(10-14-23)27(31)30-26(18(2)3)28(32)29-22-11-15-24(16-12-22)34-25-17-19(4)7-8-20(25)5/h7-18,26H,6H2,1-5H3,(H,29,32)(H,30,31)/t26-/m1/s1. The summed E-state index contributed by atoms with van der Waals surface area (Å²) in [5.74, 6) is 0.0866. The summed E-state index contributed by atoms with van der Waals surface area (Å²) in [7, 11) is 0. The molecular weight excluding hydrogens is 444 g/mol. The lowest BCUT2D eigenvalue weighted by molar-refractivity contribution is -0.118. The van der Waals surface area contributed by atoms with E-state index in [1.165, 1.54) is 16.0 Å². The lowest BCUT2D eigenvalue weighted by Crippen LogP contribution is -2.47. The van der Waals surface area contributed by atoms with Crippen LogP contribution < -0.4 is 15.4 Å². The summed E-state index contributed by atoms with van der Waals surface area (Å²) in [6.07, 6.45) is 0. The van der Waals surface area contributed by atoms with Crippen LogP contribution in [0.25, 0.3) is 0 Å². The fraction of sp³-hybridized carbons (Fsp3) is 0.286. The quantitative estimate of drug-likeness (QED) is 0.383. The molecule has 0 saturated carbocycles. The van der Waals surface area contributed by atoms with E-state index in [9.17, 15) is 9.59 Å². The normalized spacial score (nSPS) is 11.7. The molecule has 1 atom stereocenters. The number of rotatable bonds is 9. The molecule has 178 valence electrons. The summed E-state index contributed by atoms with van der Waals surface area (Å²) in [6, 6.07) is 20.4. The summed E-state index contributed by atoms with van der Waals surface area (Å²) >= 11 is 1.70. The third-order valence-electron chi connectivity index (χ3n) is 5.36. The Morgan fingerprint density at radius 1 is 0.941 bits per heavy atom. The Morgan fingerprint density at radius 2 is 1.62 bits per heavy atom. The van der Waals surface area contributed by atoms with Gasteiger partial charge in [-0.1, -0.05) is 37.7 Å². The van der Waals surface area contributed by atoms with Crippen molar-refractivity contribution in [2.45, 2.75) is 50.5 Å². The van der Waals surface area contributed by atoms with Crippen molar-refractivity contribution in [3.63, 3.8) is 0 Å². The van der Waals surface area contributed by atoms with E-state index in [2.05, 4.69) is 42.7 Å². The molecule has 0 bridgehead atoms. The Morgan fingerprint density at radius 3 is 2.24 bits per heavy atom. The van der Waals surface area contributed by atoms with Crippen LogP contribution in [0.1, 0.15) is 42.3 Å². The van der Waals surface area contributed by atoms with Gasteiger partial charge in [0, 0.05) is 21.0 Å². The van der Waals surface area contributed by atoms with Gasteiger partial charge in [-0.3, -0.25) is 9.59 Å². The second-order valence-electron chi connectivity index (χ2n) is 8.54. The predicted molar refractivity (Wildman–Crippen MR) is 139 cm³/mol. The van der Waals surface area contributed by atoms with E-state index in [4.69, 9.17) is 4.74 Å². The van der Waals surface area contributed by atoms with Gasteiger partial charge in [-0.15, -0.1) is 0 Å². The highest BCUT2D eigenvalue weighted by Crippen LogP contribution is 2.31. The van der Waals surface area contributed by atoms with E-state index < -0.39 is 6.04 Å². The summed E-state index contributed by atoms with van der Waals surface area (Å²) in [4.78, 5) is 28.0. The van der Waals surface area contributed by atoms with E-state index >= 15 is 0 Å². The fourth-order valence-corrected chi connectivity index (χ4v) is 4.40. The van der Waals surface area contributed by atoms with Crippen LogP contribution in [0.15, 0.2) is 76.5 Å². The highest BCUT2D eigenvalue weighted by Gasteiger charge is 2.25. The molecule has 0 unspecified atom stereocenters. The second-order valence-corrected chi connectivity index (χ2v) is 9.65. The molecule has 2 N–H and O–H groups in total. The molecule has 2 amide bonds. The Bertz CT molecular complexity index is 1130. The zero-order valence-corrected chi connectivity index (χ0v) is 21.2. The van der Waals surface area contributed by atoms with E-state index in [0.29, 0.717) is 23.6 Å². The van der Waals surface area contributed by atoms with Gasteiger partial charge in [-0.05, 0) is 92.4 Å². The van der Waals surface area contributed by atoms with Crippen LogP contribution in [0.2, 0.25) is 0 Å². The first kappa shape index (κ1) is 25.4. The third kappa shape index (κ3) is 6.87. The van der Waals surface area contributed by atoms with Crippen LogP contribution in [0, 0.1) is 19.8 Å². The molecule has 0 radical (unpaired) electrons. The highest BCUT2D eigenvalue weighted by molar-refractivity contribution is 7.99. The summed E-state index contributed by atoms with van der Waals surface area (Å²) in [5.41, 5.74) is 3.63. The summed E-state index contributed by atoms with van der Waals surface area (Å²) in [6.45, 7) is 10.5. The van der Waals surface area contributed by atoms with Gasteiger partial charge in [0.2, 0.25) is 5.91 Å². The van der Waals surface area contributed by atoms with Gasteiger partial charge in [0.05, 0.1) is 6.61 Å². The SMILES string of the molecule is CCOc1ccc(C(=O)N[C@@H](C(=O)Nc2ccc(Sc3cc(C)ccc3C)cc2)C(C)C)cc1. The Labute approximate surface area is 206 Å². The van der Waals surface area contributed by atoms with Crippen molar-refractivity contribution < 1.29 is 14.3 Å². The van der Waals surface area contributed by atoms with Crippen molar-refractivity contribution in [2.75, 3.05) is 11.9 Å². The molecule has 34 heavy (non-hydrogen) atoms. The van der Waals surface area contributed by atoms with Crippen molar-refractivity contribution >= 4 is 29.3 Å². The molecule has 0 aliphatic rings. The maximum atomic E-state index is 13.0. The first-order chi connectivity index (χ1) is 16.3. The molecule has 3 aromatic carbocycles. The predicted octanol–water partition coefficient (Wildman–Crippen LogP) is 6.25. The number of carbonyl (C=O) groups is 2. The number of benzene rings is 3. The Kier molecular flexibility index (Phi) is 8.77. The van der Waals surface area contributed by atoms with Crippen molar-refractivity contribution in [3.8, 4) is 5.75 Å². The summed E-state index contributed by atoms with van der Waals surface area (Å²) in [5, 5.41) is 5.80. The van der Waals surface area contributed by atoms with Crippen LogP contribution in [0.5, 0.6) is 5.75 Å². The van der Waals surface area contributed by atoms with E-state index in [1.807, 2.05) is 45.0 Å². The van der Waals surface area contributed by atoms with Crippen LogP contribution in [0.3, 0.4) is 0 Å². The summed E-state index contributed by atoms with van der Waals surface area (Å²) < 4.78 is 5.42. The van der Waals surface area contributed by atoms with Crippen molar-refractivity contribution in [1.29, 1.82) is 0 Å². The molecule has 0 spiro atoms. The average Bonchev–Trinajstić information content (AvgIpc) is 2.81. The molecule has 0 saturated heterocycles. The number of carbonyl (C=O) groups excluding carboxylic acids is 2. The van der Waals surface area contributed by atoms with Crippen LogP contribution in [0.4, 0.5) is 5.69 Å². The molecule has 5 nitrogen and oxygen atoms in total. The zero-order valence-electron chi connectivity index (χ0n) is 20.3. The van der Waals surface area contributed by atoms with Gasteiger partial charge < -0.3 is 15.4 Å². The smallest absolute Gasteiger partial charge is 0.251 e. The zero-order chi connectivity index (χ0) is 24.7. The third-order valence-corrected chi connectivity index (χ3v) is 6.52. The minimum Gasteiger partial charge on any atom is -0.494 e. The minimum atomic E-state index is -0.664. The maximum absolute atomic E-state index is 13.0. The number of hydrogen-bond donors (Lipinski definition) is 2. The number of aryl methyl sites for hydroxylation is 2. The molecule has 0 aliphatic heterocycles. The minimum absolute atomic E-state index is 0.0780. The van der Waals surface area contributed by atoms with Gasteiger partial charge >= 0.3 is 0 Å². The number of nitrogens with one attached hydrogen (secondary N) is 2. The van der Waals surface area contributed by atoms with E-state index in [1.54, 1.807) is 36.0 Å². The van der Waals surface area contributed by atoms with Gasteiger partial charge in [0.25, 0.3) is 5.91 Å². The number of anilines is 1. The van der Waals surface area contributed by atoms with Crippen molar-refractivity contribution in [2.24, 2.45) is 5.92 Å². The molecule has 6 heteroatoms. The van der Waals surface area contributed by atoms with Crippen LogP contribution in [-0.4, -0.2) is 24.5 Å². The van der Waals surface area contributed by atoms with Gasteiger partial charge in [0.15, 0.2) is 0 Å². The molecule has 0 aliphatic carbocycles. The fourth-order valence-electron chi connectivity index (χ4n) is 3.40. The van der Waals surface area contributed by atoms with E-state index in [0.717, 1.165) is 4.90 Å². The molecule has 3 rings (SSSR count). The molecule has 0 heterocycles. The number of ether oxygens (including phenoxy) is 1. The maximum Gasteiger partial charge on any atom is 0.251 e. The van der Waals surface area contributed by atoms with Crippen LogP contribution >= 0.6 is 11.8 Å². The van der Waals surface area contributed by atoms with Gasteiger partial charge in [-0.2, -0.15) is 0 Å². The second kappa shape index (κ2) is 11.7. The Hall–Kier alpha value is -3.25. The molecular formula is C28H32N2O3S. The topological polar surface area (TPSA) is 67.4 Å². The van der Waals surface area contributed by atoms with Crippen molar-refractivity contribution in [1.82, 2.24) is 5.32 Å². The van der Waals surface area contributed by atoms with Crippen LogP contribution in [-0.2, 0) is 4.79 Å². The monoisotopic (exact) mass is 476 g/mol. The Balaban J connectivity index is 1.63. The number of hydrogen-bond acceptors (Lipinski definition) is 4. The average molecular weight is 477 g/mol. The van der Waals surface area contributed by atoms with E-state index in [-0.39, 0.29) is 17.7 Å². The molecule has 0 aromatic heterocycles. The first-order valence-electron chi connectivity index (χ1n) is 11.5.